The van der Waals surface area contributed by atoms with Gasteiger partial charge in [-0.25, -0.2) is 0 Å². The first-order chi connectivity index (χ1) is 24.2. The van der Waals surface area contributed by atoms with Gasteiger partial charge in [-0.15, -0.1) is 0 Å². The van der Waals surface area contributed by atoms with Gasteiger partial charge in [0.2, 0.25) is 0 Å². The minimum atomic E-state index is -1.76. The number of carbonyl (C=O) groups is 2. The van der Waals surface area contributed by atoms with Gasteiger partial charge in [0.05, 0.1) is 26.4 Å². The van der Waals surface area contributed by atoms with Gasteiger partial charge in [0.15, 0.2) is 24.8 Å². The molecule has 0 aliphatic carbocycles. The molecule has 2 aliphatic heterocycles. The molecule has 2 fully saturated rings. The largest absolute Gasteiger partial charge is 0.463 e. The lowest BCUT2D eigenvalue weighted by molar-refractivity contribution is -0.372. The summed E-state index contributed by atoms with van der Waals surface area (Å²) in [4.78, 5) is 24.1. The predicted molar refractivity (Wildman–Crippen MR) is 175 cm³/mol. The van der Waals surface area contributed by atoms with E-state index in [1.54, 1.807) is 0 Å². The van der Waals surface area contributed by atoms with Gasteiger partial charge in [0.25, 0.3) is 0 Å². The van der Waals surface area contributed by atoms with Crippen molar-refractivity contribution >= 4 is 11.9 Å². The van der Waals surface area contributed by atoms with Crippen LogP contribution in [0.1, 0.15) is 30.5 Å². The monoisotopic (exact) mass is 696 g/mol. The summed E-state index contributed by atoms with van der Waals surface area (Å²) in [5, 5.41) is 31.8. The lowest BCUT2D eigenvalue weighted by Crippen LogP contribution is -2.66. The average Bonchev–Trinajstić information content (AvgIpc) is 3.12. The molecule has 2 aliphatic rings. The van der Waals surface area contributed by atoms with E-state index < -0.39 is 80.0 Å². The number of hydrogen-bond acceptors (Lipinski definition) is 13. The van der Waals surface area contributed by atoms with Crippen molar-refractivity contribution in [2.24, 2.45) is 0 Å². The van der Waals surface area contributed by atoms with Crippen molar-refractivity contribution in [3.8, 4) is 0 Å². The molecule has 3 N–H and O–H groups in total. The van der Waals surface area contributed by atoms with Gasteiger partial charge in [-0.1, -0.05) is 91.0 Å². The first-order valence-electron chi connectivity index (χ1n) is 16.4. The first-order valence-corrected chi connectivity index (χ1v) is 16.4. The number of hydrogen-bond donors (Lipinski definition) is 3. The first kappa shape index (κ1) is 37.5. The SMILES string of the molecule is CC(=O)OC[C@H]1O[C@H](O[C@@H]2[C@@H](OC(C)=O)[C@H](O)[C@@H](CO)O[C@@H]2O)[C@H](OCc2ccccc2)[C@@H](OCc2ccccc2)[C@@H]1OCc1ccccc1. The molecule has 13 heteroatoms. The van der Waals surface area contributed by atoms with Gasteiger partial charge >= 0.3 is 11.9 Å². The fourth-order valence-electron chi connectivity index (χ4n) is 5.87. The third-order valence-corrected chi connectivity index (χ3v) is 8.31. The van der Waals surface area contributed by atoms with Gasteiger partial charge in [-0.3, -0.25) is 9.59 Å². The highest BCUT2D eigenvalue weighted by Gasteiger charge is 2.54. The molecule has 0 unspecified atom stereocenters. The molecular formula is C37H44O13. The second-order valence-electron chi connectivity index (χ2n) is 12.0. The molecule has 0 amide bonds. The summed E-state index contributed by atoms with van der Waals surface area (Å²) in [7, 11) is 0. The number of carbonyl (C=O) groups excluding carboxylic acids is 2. The third kappa shape index (κ3) is 10.2. The zero-order valence-electron chi connectivity index (χ0n) is 27.9. The van der Waals surface area contributed by atoms with Crippen molar-refractivity contribution in [2.45, 2.75) is 95.1 Å². The minimum absolute atomic E-state index is 0.0895. The van der Waals surface area contributed by atoms with E-state index in [9.17, 15) is 24.9 Å². The molecule has 270 valence electrons. The van der Waals surface area contributed by atoms with Gasteiger partial charge in [-0.05, 0) is 16.7 Å². The van der Waals surface area contributed by atoms with E-state index >= 15 is 0 Å². The topological polar surface area (TPSA) is 169 Å². The molecule has 0 radical (unpaired) electrons. The Balaban J connectivity index is 1.52. The van der Waals surface area contributed by atoms with Crippen molar-refractivity contribution in [1.82, 2.24) is 0 Å². The Hall–Kier alpha value is -3.76. The smallest absolute Gasteiger partial charge is 0.303 e. The third-order valence-electron chi connectivity index (χ3n) is 8.31. The van der Waals surface area contributed by atoms with Crippen LogP contribution in [0.25, 0.3) is 0 Å². The quantitative estimate of drug-likeness (QED) is 0.198. The highest BCUT2D eigenvalue weighted by Crippen LogP contribution is 2.34. The molecule has 0 spiro atoms. The summed E-state index contributed by atoms with van der Waals surface area (Å²) in [6.07, 6.45) is -12.8. The van der Waals surface area contributed by atoms with Crippen LogP contribution in [0.2, 0.25) is 0 Å². The van der Waals surface area contributed by atoms with Gasteiger partial charge in [0.1, 0.15) is 43.2 Å². The summed E-state index contributed by atoms with van der Waals surface area (Å²) >= 11 is 0. The van der Waals surface area contributed by atoms with E-state index in [1.165, 1.54) is 6.92 Å². The summed E-state index contributed by atoms with van der Waals surface area (Å²) in [6.45, 7) is 1.88. The second-order valence-corrected chi connectivity index (χ2v) is 12.0. The van der Waals surface area contributed by atoms with Crippen LogP contribution in [0.4, 0.5) is 0 Å². The number of benzene rings is 3. The zero-order valence-corrected chi connectivity index (χ0v) is 27.9. The maximum atomic E-state index is 12.1. The Bertz CT molecular complexity index is 1460. The van der Waals surface area contributed by atoms with E-state index in [0.29, 0.717) is 0 Å². The number of rotatable bonds is 15. The fourth-order valence-corrected chi connectivity index (χ4v) is 5.87. The average molecular weight is 697 g/mol. The molecule has 2 saturated heterocycles. The molecule has 0 bridgehead atoms. The van der Waals surface area contributed by atoms with Crippen LogP contribution in [0, 0.1) is 0 Å². The molecule has 50 heavy (non-hydrogen) atoms. The van der Waals surface area contributed by atoms with Crippen LogP contribution < -0.4 is 0 Å². The van der Waals surface area contributed by atoms with Crippen molar-refractivity contribution in [2.75, 3.05) is 13.2 Å². The van der Waals surface area contributed by atoms with Crippen LogP contribution >= 0.6 is 0 Å². The van der Waals surface area contributed by atoms with E-state index in [1.807, 2.05) is 91.0 Å². The van der Waals surface area contributed by atoms with Crippen LogP contribution in [0.3, 0.4) is 0 Å². The second kappa shape index (κ2) is 18.5. The van der Waals surface area contributed by atoms with Crippen molar-refractivity contribution in [3.05, 3.63) is 108 Å². The Morgan fingerprint density at radius 2 is 1.12 bits per heavy atom. The lowest BCUT2D eigenvalue weighted by Gasteiger charge is -2.48. The lowest BCUT2D eigenvalue weighted by atomic mass is 9.96. The van der Waals surface area contributed by atoms with Gasteiger partial charge in [-0.2, -0.15) is 0 Å². The molecule has 13 nitrogen and oxygen atoms in total. The van der Waals surface area contributed by atoms with Crippen LogP contribution in [-0.4, -0.2) is 102 Å². The molecule has 2 heterocycles. The molecule has 3 aromatic rings. The van der Waals surface area contributed by atoms with E-state index in [2.05, 4.69) is 0 Å². The van der Waals surface area contributed by atoms with E-state index in [0.717, 1.165) is 23.6 Å². The molecule has 3 aromatic carbocycles. The standard InChI is InChI=1S/C37H44O13/c1-23(39)43-22-29-31(44-19-25-12-6-3-7-13-25)33(45-20-26-14-8-4-9-15-26)35(46-21-27-16-10-5-11-17-27)37(49-29)50-34-32(47-24(2)40)30(41)28(18-38)48-36(34)42/h3-17,28-38,41-42H,18-22H2,1-2H3/t28-,29-,30-,31-,32+,33+,34-,35-,36+,37-/m1/s1. The van der Waals surface area contributed by atoms with Crippen molar-refractivity contribution in [3.63, 3.8) is 0 Å². The molecule has 0 saturated carbocycles. The molecule has 0 aromatic heterocycles. The van der Waals surface area contributed by atoms with Gasteiger partial charge in [0, 0.05) is 13.8 Å². The fraction of sp³-hybridized carbons (Fsp3) is 0.459. The summed E-state index contributed by atoms with van der Waals surface area (Å²) < 4.78 is 48.6. The number of esters is 2. The maximum absolute atomic E-state index is 12.1. The van der Waals surface area contributed by atoms with Crippen LogP contribution in [-0.2, 0) is 67.3 Å². The van der Waals surface area contributed by atoms with Crippen LogP contribution in [0.5, 0.6) is 0 Å². The summed E-state index contributed by atoms with van der Waals surface area (Å²) in [6, 6.07) is 28.3. The van der Waals surface area contributed by atoms with E-state index in [4.69, 9.17) is 37.9 Å². The van der Waals surface area contributed by atoms with E-state index in [-0.39, 0.29) is 26.4 Å². The Labute approximate surface area is 290 Å². The molecule has 5 rings (SSSR count). The normalized spacial score (nSPS) is 29.6. The maximum Gasteiger partial charge on any atom is 0.303 e. The van der Waals surface area contributed by atoms with Crippen LogP contribution in [0.15, 0.2) is 91.0 Å². The Morgan fingerprint density at radius 1 is 0.620 bits per heavy atom. The molecular weight excluding hydrogens is 652 g/mol. The summed E-state index contributed by atoms with van der Waals surface area (Å²) in [5.74, 6) is -1.32. The Kier molecular flexibility index (Phi) is 13.8. The minimum Gasteiger partial charge on any atom is -0.463 e. The number of aliphatic hydroxyl groups excluding tert-OH is 3. The predicted octanol–water partition coefficient (Wildman–Crippen LogP) is 2.42. The molecule has 10 atom stereocenters. The number of aliphatic hydroxyl groups is 3. The van der Waals surface area contributed by atoms with Crippen molar-refractivity contribution < 1.29 is 62.8 Å². The zero-order chi connectivity index (χ0) is 35.5. The highest BCUT2D eigenvalue weighted by molar-refractivity contribution is 5.66. The summed E-state index contributed by atoms with van der Waals surface area (Å²) in [5.41, 5.74) is 2.57. The van der Waals surface area contributed by atoms with Gasteiger partial charge < -0.3 is 53.2 Å². The number of ether oxygens (including phenoxy) is 8. The van der Waals surface area contributed by atoms with Crippen molar-refractivity contribution in [1.29, 1.82) is 0 Å². The highest BCUT2D eigenvalue weighted by atomic mass is 16.8. The Morgan fingerprint density at radius 3 is 1.60 bits per heavy atom.